The van der Waals surface area contributed by atoms with E-state index in [1.54, 1.807) is 28.8 Å². The number of hydrogen-bond donors (Lipinski definition) is 3. The van der Waals surface area contributed by atoms with E-state index in [1.807, 2.05) is 37.3 Å². The zero-order chi connectivity index (χ0) is 20.1. The Morgan fingerprint density at radius 2 is 1.96 bits per heavy atom. The van der Waals surface area contributed by atoms with E-state index in [1.165, 1.54) is 0 Å². The SMILES string of the molecule is Cc1cccc(-c2n[nH]c(=S)n2CCC(=O)NC(C(N)=O)c2ccccc2)c1. The molecule has 8 heteroatoms. The summed E-state index contributed by atoms with van der Waals surface area (Å²) < 4.78 is 2.20. The van der Waals surface area contributed by atoms with Crippen molar-refractivity contribution in [2.75, 3.05) is 0 Å². The van der Waals surface area contributed by atoms with Crippen molar-refractivity contribution in [3.05, 3.63) is 70.5 Å². The van der Waals surface area contributed by atoms with Crippen LogP contribution in [-0.2, 0) is 16.1 Å². The number of nitrogens with one attached hydrogen (secondary N) is 2. The van der Waals surface area contributed by atoms with Crippen LogP contribution >= 0.6 is 12.2 Å². The fraction of sp³-hybridized carbons (Fsp3) is 0.200. The predicted molar refractivity (Wildman–Crippen MR) is 109 cm³/mol. The highest BCUT2D eigenvalue weighted by molar-refractivity contribution is 7.71. The van der Waals surface area contributed by atoms with E-state index in [4.69, 9.17) is 18.0 Å². The van der Waals surface area contributed by atoms with Crippen LogP contribution in [0, 0.1) is 11.7 Å². The van der Waals surface area contributed by atoms with Gasteiger partial charge in [-0.05, 0) is 30.8 Å². The van der Waals surface area contributed by atoms with Crippen molar-refractivity contribution in [1.29, 1.82) is 0 Å². The first-order valence-corrected chi connectivity index (χ1v) is 9.22. The Hall–Kier alpha value is -3.26. The zero-order valence-electron chi connectivity index (χ0n) is 15.4. The number of aromatic amines is 1. The molecule has 0 radical (unpaired) electrons. The number of amides is 2. The lowest BCUT2D eigenvalue weighted by Gasteiger charge is -2.16. The second-order valence-corrected chi connectivity index (χ2v) is 6.82. The van der Waals surface area contributed by atoms with Gasteiger partial charge in [0.25, 0.3) is 0 Å². The third-order valence-corrected chi connectivity index (χ3v) is 4.63. The molecule has 1 heterocycles. The molecule has 0 spiro atoms. The van der Waals surface area contributed by atoms with Gasteiger partial charge in [0.15, 0.2) is 10.6 Å². The smallest absolute Gasteiger partial charge is 0.244 e. The Morgan fingerprint density at radius 1 is 1.21 bits per heavy atom. The molecule has 3 aromatic rings. The standard InChI is InChI=1S/C20H21N5O2S/c1-13-6-5-9-15(12-13)19-23-24-20(28)25(19)11-10-16(26)22-17(18(21)27)14-7-3-2-4-8-14/h2-9,12,17H,10-11H2,1H3,(H2,21,27)(H,22,26)(H,24,28). The second kappa shape index (κ2) is 8.62. The number of nitrogens with two attached hydrogens (primary N) is 1. The maximum atomic E-state index is 12.4. The molecule has 2 amide bonds. The Balaban J connectivity index is 1.72. The number of carbonyl (C=O) groups excluding carboxylic acids is 2. The molecule has 4 N–H and O–H groups in total. The zero-order valence-corrected chi connectivity index (χ0v) is 16.2. The first-order chi connectivity index (χ1) is 13.5. The maximum Gasteiger partial charge on any atom is 0.244 e. The van der Waals surface area contributed by atoms with Gasteiger partial charge in [0.2, 0.25) is 11.8 Å². The van der Waals surface area contributed by atoms with Crippen LogP contribution in [0.3, 0.4) is 0 Å². The van der Waals surface area contributed by atoms with Crippen LogP contribution < -0.4 is 11.1 Å². The molecular weight excluding hydrogens is 374 g/mol. The molecule has 3 rings (SSSR count). The number of aryl methyl sites for hydroxylation is 1. The van der Waals surface area contributed by atoms with Crippen molar-refractivity contribution in [3.63, 3.8) is 0 Å². The average Bonchev–Trinajstić information content (AvgIpc) is 3.05. The fourth-order valence-electron chi connectivity index (χ4n) is 2.94. The van der Waals surface area contributed by atoms with E-state index < -0.39 is 11.9 Å². The Kier molecular flexibility index (Phi) is 6.00. The highest BCUT2D eigenvalue weighted by Gasteiger charge is 2.20. The van der Waals surface area contributed by atoms with Gasteiger partial charge in [-0.3, -0.25) is 19.3 Å². The lowest BCUT2D eigenvalue weighted by atomic mass is 10.1. The summed E-state index contributed by atoms with van der Waals surface area (Å²) in [5.41, 5.74) is 8.11. The molecule has 0 saturated heterocycles. The van der Waals surface area contributed by atoms with E-state index in [0.717, 1.165) is 11.1 Å². The number of primary amides is 1. The van der Waals surface area contributed by atoms with Crippen molar-refractivity contribution in [1.82, 2.24) is 20.1 Å². The van der Waals surface area contributed by atoms with Crippen LogP contribution in [0.25, 0.3) is 11.4 Å². The van der Waals surface area contributed by atoms with Gasteiger partial charge in [-0.25, -0.2) is 0 Å². The van der Waals surface area contributed by atoms with Gasteiger partial charge in [-0.2, -0.15) is 5.10 Å². The monoisotopic (exact) mass is 395 g/mol. The molecule has 0 fully saturated rings. The molecule has 0 bridgehead atoms. The van der Waals surface area contributed by atoms with Gasteiger partial charge >= 0.3 is 0 Å². The van der Waals surface area contributed by atoms with E-state index in [9.17, 15) is 9.59 Å². The lowest BCUT2D eigenvalue weighted by molar-refractivity contribution is -0.127. The first-order valence-electron chi connectivity index (χ1n) is 8.81. The van der Waals surface area contributed by atoms with Crippen molar-refractivity contribution in [2.45, 2.75) is 25.9 Å². The summed E-state index contributed by atoms with van der Waals surface area (Å²) in [5.74, 6) is -0.248. The Bertz CT molecular complexity index is 1040. The van der Waals surface area contributed by atoms with Crippen LogP contribution in [0.15, 0.2) is 54.6 Å². The minimum atomic E-state index is -0.873. The van der Waals surface area contributed by atoms with Crippen LogP contribution in [0.4, 0.5) is 0 Å². The number of benzene rings is 2. The summed E-state index contributed by atoms with van der Waals surface area (Å²) in [4.78, 5) is 24.2. The minimum absolute atomic E-state index is 0.128. The van der Waals surface area contributed by atoms with Gasteiger partial charge in [0.1, 0.15) is 6.04 Å². The molecule has 2 aromatic carbocycles. The molecule has 7 nitrogen and oxygen atoms in total. The van der Waals surface area contributed by atoms with E-state index in [2.05, 4.69) is 15.5 Å². The van der Waals surface area contributed by atoms with Crippen molar-refractivity contribution in [3.8, 4) is 11.4 Å². The van der Waals surface area contributed by atoms with Crippen LogP contribution in [0.2, 0.25) is 0 Å². The minimum Gasteiger partial charge on any atom is -0.368 e. The third kappa shape index (κ3) is 4.52. The van der Waals surface area contributed by atoms with Crippen molar-refractivity contribution >= 4 is 24.0 Å². The number of rotatable bonds is 7. The van der Waals surface area contributed by atoms with Crippen LogP contribution in [-0.4, -0.2) is 26.6 Å². The number of nitrogens with zero attached hydrogens (tertiary/aromatic N) is 2. The largest absolute Gasteiger partial charge is 0.368 e. The molecule has 0 saturated carbocycles. The molecule has 0 aliphatic heterocycles. The normalized spacial score (nSPS) is 11.8. The fourth-order valence-corrected chi connectivity index (χ4v) is 3.16. The summed E-state index contributed by atoms with van der Waals surface area (Å²) >= 11 is 5.30. The number of hydrogen-bond acceptors (Lipinski definition) is 4. The third-order valence-electron chi connectivity index (χ3n) is 4.32. The summed E-state index contributed by atoms with van der Waals surface area (Å²) in [6, 6.07) is 15.9. The van der Waals surface area contributed by atoms with Crippen molar-refractivity contribution < 1.29 is 9.59 Å². The molecular formula is C20H21N5O2S. The molecule has 0 aliphatic carbocycles. The van der Waals surface area contributed by atoms with E-state index in [-0.39, 0.29) is 12.3 Å². The summed E-state index contributed by atoms with van der Waals surface area (Å²) in [6.45, 7) is 2.32. The summed E-state index contributed by atoms with van der Waals surface area (Å²) in [6.07, 6.45) is 0.128. The van der Waals surface area contributed by atoms with Gasteiger partial charge in [0, 0.05) is 18.5 Å². The molecule has 1 unspecified atom stereocenters. The van der Waals surface area contributed by atoms with Crippen LogP contribution in [0.5, 0.6) is 0 Å². The highest BCUT2D eigenvalue weighted by atomic mass is 32.1. The molecule has 144 valence electrons. The van der Waals surface area contributed by atoms with Gasteiger partial charge < -0.3 is 11.1 Å². The summed E-state index contributed by atoms with van der Waals surface area (Å²) in [5, 5.41) is 9.75. The van der Waals surface area contributed by atoms with Gasteiger partial charge in [0.05, 0.1) is 0 Å². The topological polar surface area (TPSA) is 106 Å². The van der Waals surface area contributed by atoms with E-state index >= 15 is 0 Å². The Morgan fingerprint density at radius 3 is 2.64 bits per heavy atom. The molecule has 1 aromatic heterocycles. The predicted octanol–water partition coefficient (Wildman–Crippen LogP) is 2.65. The van der Waals surface area contributed by atoms with E-state index in [0.29, 0.717) is 22.7 Å². The molecule has 0 aliphatic rings. The van der Waals surface area contributed by atoms with Crippen LogP contribution in [0.1, 0.15) is 23.6 Å². The molecule has 1 atom stereocenters. The quantitative estimate of drug-likeness (QED) is 0.535. The Labute approximate surface area is 167 Å². The van der Waals surface area contributed by atoms with Gasteiger partial charge in [-0.15, -0.1) is 0 Å². The number of aromatic nitrogens is 3. The number of carbonyl (C=O) groups is 2. The highest BCUT2D eigenvalue weighted by Crippen LogP contribution is 2.19. The number of H-pyrrole nitrogens is 1. The first kappa shape index (κ1) is 19.5. The average molecular weight is 395 g/mol. The second-order valence-electron chi connectivity index (χ2n) is 6.44. The summed E-state index contributed by atoms with van der Waals surface area (Å²) in [7, 11) is 0. The molecule has 28 heavy (non-hydrogen) atoms. The van der Waals surface area contributed by atoms with Crippen molar-refractivity contribution in [2.24, 2.45) is 5.73 Å². The lowest BCUT2D eigenvalue weighted by Crippen LogP contribution is -2.37. The van der Waals surface area contributed by atoms with Gasteiger partial charge in [-0.1, -0.05) is 54.1 Å². The maximum absolute atomic E-state index is 12.4.